The van der Waals surface area contributed by atoms with E-state index in [-0.39, 0.29) is 17.9 Å². The Labute approximate surface area is 165 Å². The molecule has 1 fully saturated rings. The maximum atomic E-state index is 13.2. The van der Waals surface area contributed by atoms with Gasteiger partial charge in [0.1, 0.15) is 11.9 Å². The molecule has 1 aliphatic heterocycles. The first-order chi connectivity index (χ1) is 13.6. The SMILES string of the molecule is O=C(Nc1ccccc1C(F)(F)F)[C@@H]1CCCCN1S(=O)(=O)c1ccc(F)cc1. The third-order valence-corrected chi connectivity index (χ3v) is 6.59. The van der Waals surface area contributed by atoms with E-state index in [9.17, 15) is 30.8 Å². The molecule has 0 aromatic heterocycles. The number of alkyl halides is 3. The Kier molecular flexibility index (Phi) is 5.95. The summed E-state index contributed by atoms with van der Waals surface area (Å²) >= 11 is 0. The summed E-state index contributed by atoms with van der Waals surface area (Å²) in [5.41, 5.74) is -1.45. The summed E-state index contributed by atoms with van der Waals surface area (Å²) in [6.07, 6.45) is -3.45. The highest BCUT2D eigenvalue weighted by atomic mass is 32.2. The zero-order chi connectivity index (χ0) is 21.2. The van der Waals surface area contributed by atoms with E-state index in [1.807, 2.05) is 0 Å². The molecule has 0 radical (unpaired) electrons. The highest BCUT2D eigenvalue weighted by Gasteiger charge is 2.39. The smallest absolute Gasteiger partial charge is 0.324 e. The first-order valence-electron chi connectivity index (χ1n) is 8.85. The predicted molar refractivity (Wildman–Crippen MR) is 98.0 cm³/mol. The Morgan fingerprint density at radius 1 is 1.03 bits per heavy atom. The number of carbonyl (C=O) groups excluding carboxylic acids is 1. The van der Waals surface area contributed by atoms with Crippen LogP contribution in [0.2, 0.25) is 0 Å². The molecule has 1 amide bonds. The number of piperidine rings is 1. The van der Waals surface area contributed by atoms with Crippen LogP contribution in [-0.2, 0) is 21.0 Å². The Morgan fingerprint density at radius 2 is 1.69 bits per heavy atom. The lowest BCUT2D eigenvalue weighted by atomic mass is 10.0. The summed E-state index contributed by atoms with van der Waals surface area (Å²) in [6, 6.07) is 7.49. The molecule has 0 aliphatic carbocycles. The topological polar surface area (TPSA) is 66.5 Å². The number of nitrogens with one attached hydrogen (secondary N) is 1. The second-order valence-electron chi connectivity index (χ2n) is 6.61. The minimum Gasteiger partial charge on any atom is -0.324 e. The number of sulfonamides is 1. The van der Waals surface area contributed by atoms with Gasteiger partial charge in [-0.05, 0) is 49.2 Å². The van der Waals surface area contributed by atoms with Crippen LogP contribution in [0.15, 0.2) is 53.4 Å². The molecule has 0 saturated carbocycles. The Balaban J connectivity index is 1.89. The lowest BCUT2D eigenvalue weighted by Crippen LogP contribution is -2.49. The number of para-hydroxylation sites is 1. The highest BCUT2D eigenvalue weighted by molar-refractivity contribution is 7.89. The zero-order valence-electron chi connectivity index (χ0n) is 15.1. The van der Waals surface area contributed by atoms with Crippen LogP contribution >= 0.6 is 0 Å². The molecule has 5 nitrogen and oxygen atoms in total. The van der Waals surface area contributed by atoms with Gasteiger partial charge >= 0.3 is 6.18 Å². The fraction of sp³-hybridized carbons (Fsp3) is 0.316. The van der Waals surface area contributed by atoms with Gasteiger partial charge < -0.3 is 5.32 Å². The van der Waals surface area contributed by atoms with Crippen molar-refractivity contribution in [2.75, 3.05) is 11.9 Å². The second kappa shape index (κ2) is 8.11. The quantitative estimate of drug-likeness (QED) is 0.745. The summed E-state index contributed by atoms with van der Waals surface area (Å²) < 4.78 is 79.5. The standard InChI is InChI=1S/C19H18F4N2O3S/c20-13-8-10-14(11-9-13)29(27,28)25-12-4-3-7-17(25)18(26)24-16-6-2-1-5-15(16)19(21,22)23/h1-2,5-6,8-11,17H,3-4,7,12H2,(H,24,26)/t17-/m0/s1. The molecule has 1 saturated heterocycles. The van der Waals surface area contributed by atoms with E-state index in [0.29, 0.717) is 12.8 Å². The molecule has 2 aromatic rings. The zero-order valence-corrected chi connectivity index (χ0v) is 15.9. The molecule has 1 N–H and O–H groups in total. The molecule has 29 heavy (non-hydrogen) atoms. The Morgan fingerprint density at radius 3 is 2.34 bits per heavy atom. The van der Waals surface area contributed by atoms with Gasteiger partial charge in [0.25, 0.3) is 0 Å². The maximum Gasteiger partial charge on any atom is 0.418 e. The van der Waals surface area contributed by atoms with Crippen LogP contribution in [0.3, 0.4) is 0 Å². The van der Waals surface area contributed by atoms with Gasteiger partial charge in [-0.2, -0.15) is 17.5 Å². The number of amides is 1. The summed E-state index contributed by atoms with van der Waals surface area (Å²) in [5, 5.41) is 2.22. The monoisotopic (exact) mass is 430 g/mol. The molecule has 1 atom stereocenters. The average Bonchev–Trinajstić information content (AvgIpc) is 2.68. The highest BCUT2D eigenvalue weighted by Crippen LogP contribution is 2.35. The number of hydrogen-bond acceptors (Lipinski definition) is 3. The summed E-state index contributed by atoms with van der Waals surface area (Å²) in [5.74, 6) is -1.45. The van der Waals surface area contributed by atoms with E-state index < -0.39 is 45.2 Å². The van der Waals surface area contributed by atoms with Gasteiger partial charge in [0, 0.05) is 6.54 Å². The summed E-state index contributed by atoms with van der Waals surface area (Å²) in [6.45, 7) is 0.0404. The van der Waals surface area contributed by atoms with Crippen molar-refractivity contribution in [3.8, 4) is 0 Å². The molecule has 2 aromatic carbocycles. The molecule has 0 spiro atoms. The molecule has 156 valence electrons. The van der Waals surface area contributed by atoms with Crippen molar-refractivity contribution in [1.29, 1.82) is 0 Å². The van der Waals surface area contributed by atoms with Gasteiger partial charge in [0.05, 0.1) is 16.1 Å². The maximum absolute atomic E-state index is 13.2. The Bertz CT molecular complexity index is 991. The van der Waals surface area contributed by atoms with Crippen molar-refractivity contribution in [2.45, 2.75) is 36.4 Å². The minimum atomic E-state index is -4.67. The number of anilines is 1. The van der Waals surface area contributed by atoms with Crippen molar-refractivity contribution in [3.05, 3.63) is 59.9 Å². The number of rotatable bonds is 4. The van der Waals surface area contributed by atoms with Crippen LogP contribution in [0.5, 0.6) is 0 Å². The molecule has 1 aliphatic rings. The van der Waals surface area contributed by atoms with E-state index in [1.54, 1.807) is 0 Å². The van der Waals surface area contributed by atoms with E-state index in [2.05, 4.69) is 5.32 Å². The van der Waals surface area contributed by atoms with E-state index in [4.69, 9.17) is 0 Å². The average molecular weight is 430 g/mol. The lowest BCUT2D eigenvalue weighted by Gasteiger charge is -2.33. The van der Waals surface area contributed by atoms with Crippen molar-refractivity contribution in [1.82, 2.24) is 4.31 Å². The number of carbonyl (C=O) groups is 1. The number of benzene rings is 2. The fourth-order valence-corrected chi connectivity index (χ4v) is 4.91. The van der Waals surface area contributed by atoms with Crippen molar-refractivity contribution in [2.24, 2.45) is 0 Å². The molecule has 10 heteroatoms. The van der Waals surface area contributed by atoms with Crippen molar-refractivity contribution < 1.29 is 30.8 Å². The van der Waals surface area contributed by atoms with E-state index >= 15 is 0 Å². The number of nitrogens with zero attached hydrogens (tertiary/aromatic N) is 1. The van der Waals surface area contributed by atoms with E-state index in [1.165, 1.54) is 12.1 Å². The van der Waals surface area contributed by atoms with Gasteiger partial charge in [-0.25, -0.2) is 12.8 Å². The van der Waals surface area contributed by atoms with Crippen molar-refractivity contribution >= 4 is 21.6 Å². The molecular weight excluding hydrogens is 412 g/mol. The first-order valence-corrected chi connectivity index (χ1v) is 10.3. The van der Waals surface area contributed by atoms with Gasteiger partial charge in [-0.1, -0.05) is 18.6 Å². The molecule has 0 bridgehead atoms. The van der Waals surface area contributed by atoms with Crippen LogP contribution in [0.25, 0.3) is 0 Å². The largest absolute Gasteiger partial charge is 0.418 e. The number of hydrogen-bond donors (Lipinski definition) is 1. The minimum absolute atomic E-state index is 0.0404. The fourth-order valence-electron chi connectivity index (χ4n) is 3.25. The van der Waals surface area contributed by atoms with Crippen LogP contribution in [0.4, 0.5) is 23.2 Å². The van der Waals surface area contributed by atoms with Gasteiger partial charge in [0.15, 0.2) is 0 Å². The molecular formula is C19H18F4N2O3S. The first kappa shape index (κ1) is 21.3. The Hall–Kier alpha value is -2.46. The summed E-state index contributed by atoms with van der Waals surface area (Å²) in [7, 11) is -4.12. The third-order valence-electron chi connectivity index (χ3n) is 4.67. The van der Waals surface area contributed by atoms with Crippen molar-refractivity contribution in [3.63, 3.8) is 0 Å². The third kappa shape index (κ3) is 4.59. The van der Waals surface area contributed by atoms with Gasteiger partial charge in [0.2, 0.25) is 15.9 Å². The van der Waals surface area contributed by atoms with Gasteiger partial charge in [-0.15, -0.1) is 0 Å². The van der Waals surface area contributed by atoms with Crippen LogP contribution in [0, 0.1) is 5.82 Å². The summed E-state index contributed by atoms with van der Waals surface area (Å²) in [4.78, 5) is 12.6. The van der Waals surface area contributed by atoms with Crippen LogP contribution in [-0.4, -0.2) is 31.2 Å². The molecule has 1 heterocycles. The van der Waals surface area contributed by atoms with Gasteiger partial charge in [-0.3, -0.25) is 4.79 Å². The second-order valence-corrected chi connectivity index (χ2v) is 8.50. The molecule has 0 unspecified atom stereocenters. The number of halogens is 4. The molecule has 3 rings (SSSR count). The lowest BCUT2D eigenvalue weighted by molar-refractivity contribution is -0.137. The van der Waals surface area contributed by atoms with E-state index in [0.717, 1.165) is 40.7 Å². The van der Waals surface area contributed by atoms with Crippen LogP contribution < -0.4 is 5.32 Å². The predicted octanol–water partition coefficient (Wildman–Crippen LogP) is 4.03. The van der Waals surface area contributed by atoms with Crippen LogP contribution in [0.1, 0.15) is 24.8 Å². The normalized spacial score (nSPS) is 18.4.